The molecule has 6 heteroatoms. The molecule has 3 aromatic carbocycles. The molecule has 0 spiro atoms. The van der Waals surface area contributed by atoms with Crippen LogP contribution in [0.2, 0.25) is 0 Å². The normalized spacial score (nSPS) is 19.5. The minimum absolute atomic E-state index is 0.186. The van der Waals surface area contributed by atoms with Crippen molar-refractivity contribution >= 4 is 11.9 Å². The van der Waals surface area contributed by atoms with Gasteiger partial charge in [-0.25, -0.2) is 4.79 Å². The smallest absolute Gasteiger partial charge is 0.343 e. The van der Waals surface area contributed by atoms with Crippen LogP contribution in [0.25, 0.3) is 0 Å². The second-order valence-corrected chi connectivity index (χ2v) is 8.72. The molecule has 0 fully saturated rings. The summed E-state index contributed by atoms with van der Waals surface area (Å²) < 4.78 is 15.4. The van der Waals surface area contributed by atoms with E-state index in [9.17, 15) is 9.59 Å². The van der Waals surface area contributed by atoms with Crippen LogP contribution in [0.4, 0.5) is 0 Å². The fourth-order valence-electron chi connectivity index (χ4n) is 5.41. The lowest BCUT2D eigenvalue weighted by atomic mass is 9.59. The van der Waals surface area contributed by atoms with Crippen LogP contribution in [-0.2, 0) is 9.53 Å². The zero-order valence-electron chi connectivity index (χ0n) is 19.2. The van der Waals surface area contributed by atoms with E-state index in [0.29, 0.717) is 35.4 Å². The molecular weight excluding hydrogens is 430 g/mol. The zero-order valence-corrected chi connectivity index (χ0v) is 19.2. The van der Waals surface area contributed by atoms with Crippen LogP contribution in [0.3, 0.4) is 0 Å². The Bertz CT molecular complexity index is 1190. The third-order valence-corrected chi connectivity index (χ3v) is 6.95. The predicted octanol–water partition coefficient (Wildman–Crippen LogP) is 4.27. The molecule has 0 radical (unpaired) electrons. The molecule has 1 N–H and O–H groups in total. The van der Waals surface area contributed by atoms with Gasteiger partial charge in [0.25, 0.3) is 5.91 Å². The molecule has 6 rings (SSSR count). The highest BCUT2D eigenvalue weighted by atomic mass is 16.6. The van der Waals surface area contributed by atoms with Gasteiger partial charge in [0, 0.05) is 23.9 Å². The zero-order chi connectivity index (χ0) is 23.7. The standard InChI is InChI=1S/C28H27NO5/c1-32-24-12-11-17(14-25(24)34-16-26(30)33-2)28(31)29-15-18-13-23-19-7-3-5-9-21(19)27(18)22-10-6-4-8-20(22)23/h3-12,14,18,23,27H,13,15-16H2,1-2H3,(H,29,31). The molecule has 3 aromatic rings. The molecule has 174 valence electrons. The van der Waals surface area contributed by atoms with Crippen molar-refractivity contribution in [2.75, 3.05) is 27.4 Å². The van der Waals surface area contributed by atoms with E-state index in [-0.39, 0.29) is 18.4 Å². The van der Waals surface area contributed by atoms with Crippen LogP contribution in [-0.4, -0.2) is 39.2 Å². The molecule has 2 bridgehead atoms. The lowest BCUT2D eigenvalue weighted by molar-refractivity contribution is -0.142. The molecule has 0 aliphatic heterocycles. The van der Waals surface area contributed by atoms with Gasteiger partial charge in [0.2, 0.25) is 0 Å². The maximum absolute atomic E-state index is 13.0. The number of ether oxygens (including phenoxy) is 3. The van der Waals surface area contributed by atoms with Gasteiger partial charge in [0.05, 0.1) is 14.2 Å². The summed E-state index contributed by atoms with van der Waals surface area (Å²) in [6, 6.07) is 22.3. The van der Waals surface area contributed by atoms with Gasteiger partial charge >= 0.3 is 5.97 Å². The van der Waals surface area contributed by atoms with E-state index >= 15 is 0 Å². The van der Waals surface area contributed by atoms with Gasteiger partial charge < -0.3 is 19.5 Å². The van der Waals surface area contributed by atoms with Gasteiger partial charge in [-0.2, -0.15) is 0 Å². The number of rotatable bonds is 7. The third-order valence-electron chi connectivity index (χ3n) is 6.95. The Balaban J connectivity index is 1.33. The lowest BCUT2D eigenvalue weighted by Gasteiger charge is -2.45. The minimum Gasteiger partial charge on any atom is -0.493 e. The van der Waals surface area contributed by atoms with E-state index in [0.717, 1.165) is 6.42 Å². The average molecular weight is 458 g/mol. The summed E-state index contributed by atoms with van der Waals surface area (Å²) >= 11 is 0. The maximum atomic E-state index is 13.0. The quantitative estimate of drug-likeness (QED) is 0.537. The van der Waals surface area contributed by atoms with Crippen LogP contribution >= 0.6 is 0 Å². The molecule has 0 heterocycles. The SMILES string of the molecule is COC(=O)COc1cc(C(=O)NCC2CC3c4ccccc4C2c2ccccc23)ccc1OC. The third kappa shape index (κ3) is 3.89. The Labute approximate surface area is 198 Å². The lowest BCUT2D eigenvalue weighted by Crippen LogP contribution is -2.39. The summed E-state index contributed by atoms with van der Waals surface area (Å²) in [7, 11) is 2.80. The summed E-state index contributed by atoms with van der Waals surface area (Å²) in [5.74, 6) is 1.01. The predicted molar refractivity (Wildman–Crippen MR) is 128 cm³/mol. The fourth-order valence-corrected chi connectivity index (χ4v) is 5.41. The first-order valence-corrected chi connectivity index (χ1v) is 11.4. The summed E-state index contributed by atoms with van der Waals surface area (Å²) in [6.07, 6.45) is 1.01. The van der Waals surface area contributed by atoms with E-state index in [1.165, 1.54) is 36.5 Å². The van der Waals surface area contributed by atoms with Gasteiger partial charge in [0.15, 0.2) is 18.1 Å². The highest BCUT2D eigenvalue weighted by molar-refractivity contribution is 5.95. The number of amides is 1. The van der Waals surface area contributed by atoms with Gasteiger partial charge in [-0.3, -0.25) is 4.79 Å². The number of hydrogen-bond acceptors (Lipinski definition) is 5. The number of esters is 1. The summed E-state index contributed by atoms with van der Waals surface area (Å²) in [4.78, 5) is 24.5. The number of methoxy groups -OCH3 is 2. The van der Waals surface area contributed by atoms with E-state index in [4.69, 9.17) is 9.47 Å². The molecular formula is C28H27NO5. The largest absolute Gasteiger partial charge is 0.493 e. The Morgan fingerprint density at radius 1 is 0.882 bits per heavy atom. The number of nitrogens with one attached hydrogen (secondary N) is 1. The molecule has 0 saturated heterocycles. The first kappa shape index (κ1) is 22.0. The molecule has 3 aliphatic rings. The average Bonchev–Trinajstić information content (AvgIpc) is 2.90. The first-order chi connectivity index (χ1) is 16.6. The van der Waals surface area contributed by atoms with Crippen molar-refractivity contribution in [1.29, 1.82) is 0 Å². The number of fused-ring (bicyclic) bond motifs is 1. The Kier molecular flexibility index (Phi) is 5.97. The highest BCUT2D eigenvalue weighted by Crippen LogP contribution is 2.55. The number of carbonyl (C=O) groups is 2. The van der Waals surface area contributed by atoms with Crippen molar-refractivity contribution in [2.24, 2.45) is 5.92 Å². The number of hydrogen-bond donors (Lipinski definition) is 1. The number of carbonyl (C=O) groups excluding carboxylic acids is 2. The molecule has 1 atom stereocenters. The second kappa shape index (κ2) is 9.21. The van der Waals surface area contributed by atoms with Crippen LogP contribution in [0.15, 0.2) is 66.7 Å². The molecule has 1 unspecified atom stereocenters. The Morgan fingerprint density at radius 3 is 2.15 bits per heavy atom. The molecule has 34 heavy (non-hydrogen) atoms. The number of benzene rings is 3. The molecule has 1 amide bonds. The Hall–Kier alpha value is -3.80. The van der Waals surface area contributed by atoms with Gasteiger partial charge in [-0.1, -0.05) is 48.5 Å². The van der Waals surface area contributed by atoms with E-state index in [2.05, 4.69) is 58.6 Å². The van der Waals surface area contributed by atoms with Crippen molar-refractivity contribution in [2.45, 2.75) is 18.3 Å². The summed E-state index contributed by atoms with van der Waals surface area (Å²) in [5, 5.41) is 3.13. The van der Waals surface area contributed by atoms with Crippen molar-refractivity contribution in [3.63, 3.8) is 0 Å². The van der Waals surface area contributed by atoms with Crippen molar-refractivity contribution in [3.05, 3.63) is 94.5 Å². The maximum Gasteiger partial charge on any atom is 0.343 e. The van der Waals surface area contributed by atoms with Gasteiger partial charge in [0.1, 0.15) is 0 Å². The summed E-state index contributed by atoms with van der Waals surface area (Å²) in [6.45, 7) is 0.314. The fraction of sp³-hybridized carbons (Fsp3) is 0.286. The van der Waals surface area contributed by atoms with Gasteiger partial charge in [-0.05, 0) is 52.8 Å². The highest BCUT2D eigenvalue weighted by Gasteiger charge is 2.42. The van der Waals surface area contributed by atoms with Gasteiger partial charge in [-0.15, -0.1) is 0 Å². The van der Waals surface area contributed by atoms with Crippen molar-refractivity contribution in [3.8, 4) is 11.5 Å². The van der Waals surface area contributed by atoms with Crippen LogP contribution in [0.1, 0.15) is 50.9 Å². The van der Waals surface area contributed by atoms with Crippen LogP contribution in [0.5, 0.6) is 11.5 Å². The molecule has 6 nitrogen and oxygen atoms in total. The summed E-state index contributed by atoms with van der Waals surface area (Å²) in [5.41, 5.74) is 6.02. The Morgan fingerprint density at radius 2 is 1.53 bits per heavy atom. The van der Waals surface area contributed by atoms with Crippen molar-refractivity contribution in [1.82, 2.24) is 5.32 Å². The van der Waals surface area contributed by atoms with E-state index in [1.807, 2.05) is 0 Å². The minimum atomic E-state index is -0.509. The molecule has 0 aromatic heterocycles. The molecule has 0 saturated carbocycles. The van der Waals surface area contributed by atoms with E-state index < -0.39 is 5.97 Å². The topological polar surface area (TPSA) is 73.9 Å². The second-order valence-electron chi connectivity index (χ2n) is 8.72. The molecule has 3 aliphatic carbocycles. The first-order valence-electron chi connectivity index (χ1n) is 11.4. The van der Waals surface area contributed by atoms with Crippen LogP contribution < -0.4 is 14.8 Å². The monoisotopic (exact) mass is 457 g/mol. The van der Waals surface area contributed by atoms with Crippen LogP contribution in [0, 0.1) is 5.92 Å². The van der Waals surface area contributed by atoms with E-state index in [1.54, 1.807) is 18.2 Å². The van der Waals surface area contributed by atoms with Crippen molar-refractivity contribution < 1.29 is 23.8 Å².